The highest BCUT2D eigenvalue weighted by molar-refractivity contribution is 5.96. The number of hydrogen-bond donors (Lipinski definition) is 6. The van der Waals surface area contributed by atoms with E-state index >= 15 is 0 Å². The number of aliphatic carboxylic acids is 3. The summed E-state index contributed by atoms with van der Waals surface area (Å²) in [5.74, 6) is -6.14. The first-order valence-electron chi connectivity index (χ1n) is 10.4. The molecule has 0 saturated carbocycles. The van der Waals surface area contributed by atoms with E-state index in [1.54, 1.807) is 0 Å². The van der Waals surface area contributed by atoms with Crippen LogP contribution in [0.15, 0.2) is 0 Å². The van der Waals surface area contributed by atoms with Crippen LogP contribution in [-0.4, -0.2) is 93.1 Å². The number of rotatable bonds is 11. The van der Waals surface area contributed by atoms with E-state index in [0.717, 1.165) is 6.42 Å². The molecule has 0 spiro atoms. The molecule has 0 bridgehead atoms. The monoisotopic (exact) mass is 456 g/mol. The van der Waals surface area contributed by atoms with Gasteiger partial charge in [0.25, 0.3) is 0 Å². The van der Waals surface area contributed by atoms with Gasteiger partial charge in [-0.15, -0.1) is 0 Å². The molecule has 4 atom stereocenters. The predicted octanol–water partition coefficient (Wildman–Crippen LogP) is -1.88. The summed E-state index contributed by atoms with van der Waals surface area (Å²) in [5.41, 5.74) is 0. The fourth-order valence-corrected chi connectivity index (χ4v) is 3.85. The Morgan fingerprint density at radius 1 is 0.938 bits per heavy atom. The lowest BCUT2D eigenvalue weighted by Crippen LogP contribution is -2.57. The summed E-state index contributed by atoms with van der Waals surface area (Å²) in [6, 6.07) is -4.40. The molecule has 32 heavy (non-hydrogen) atoms. The Hall–Kier alpha value is -3.22. The van der Waals surface area contributed by atoms with Crippen LogP contribution in [-0.2, 0) is 28.8 Å². The summed E-state index contributed by atoms with van der Waals surface area (Å²) in [5, 5.41) is 34.5. The average Bonchev–Trinajstić information content (AvgIpc) is 3.41. The van der Waals surface area contributed by atoms with Crippen molar-refractivity contribution in [1.29, 1.82) is 0 Å². The maximum absolute atomic E-state index is 12.8. The topological polar surface area (TPSA) is 202 Å². The quantitative estimate of drug-likeness (QED) is 0.204. The Morgan fingerprint density at radius 3 is 2.22 bits per heavy atom. The molecule has 3 amide bonds. The number of nitrogens with zero attached hydrogens (tertiary/aromatic N) is 1. The van der Waals surface area contributed by atoms with Gasteiger partial charge in [0.2, 0.25) is 17.7 Å². The second kappa shape index (κ2) is 11.4. The molecule has 13 nitrogen and oxygen atoms in total. The standard InChI is InChI=1S/C19H28N4O9/c24-14(25)6-5-11(19(31)32)21-16(28)12(9-15(26)27)22-17(29)13-4-2-8-23(13)18(30)10-3-1-7-20-10/h10-13,20H,1-9H2,(H,21,28)(H,22,29)(H,24,25)(H,26,27)(H,31,32). The average molecular weight is 456 g/mol. The highest BCUT2D eigenvalue weighted by Gasteiger charge is 2.39. The zero-order valence-electron chi connectivity index (χ0n) is 17.4. The van der Waals surface area contributed by atoms with Gasteiger partial charge in [-0.2, -0.15) is 0 Å². The van der Waals surface area contributed by atoms with Gasteiger partial charge in [0.05, 0.1) is 12.5 Å². The third kappa shape index (κ3) is 6.90. The molecule has 6 N–H and O–H groups in total. The molecule has 2 saturated heterocycles. The van der Waals surface area contributed by atoms with Crippen molar-refractivity contribution in [3.8, 4) is 0 Å². The molecule has 13 heteroatoms. The number of carbonyl (C=O) groups excluding carboxylic acids is 3. The number of carboxylic acids is 3. The first kappa shape index (κ1) is 25.0. The number of amides is 3. The number of carboxylic acid groups (broad SMARTS) is 3. The number of hydrogen-bond acceptors (Lipinski definition) is 7. The SMILES string of the molecule is O=C(O)CCC(NC(=O)C(CC(=O)O)NC(=O)C1CCCN1C(=O)C1CCCN1)C(=O)O. The van der Waals surface area contributed by atoms with Crippen LogP contribution in [0.3, 0.4) is 0 Å². The van der Waals surface area contributed by atoms with Crippen molar-refractivity contribution in [1.82, 2.24) is 20.9 Å². The Kier molecular flexibility index (Phi) is 8.93. The van der Waals surface area contributed by atoms with Crippen LogP contribution in [0.4, 0.5) is 0 Å². The summed E-state index contributed by atoms with van der Waals surface area (Å²) in [6.07, 6.45) is 0.665. The molecular formula is C19H28N4O9. The van der Waals surface area contributed by atoms with Crippen molar-refractivity contribution >= 4 is 35.6 Å². The first-order chi connectivity index (χ1) is 15.1. The van der Waals surface area contributed by atoms with Gasteiger partial charge in [-0.25, -0.2) is 4.79 Å². The second-order valence-electron chi connectivity index (χ2n) is 7.83. The molecule has 0 aromatic carbocycles. The van der Waals surface area contributed by atoms with Gasteiger partial charge in [-0.1, -0.05) is 0 Å². The molecule has 2 aliphatic rings. The van der Waals surface area contributed by atoms with Crippen molar-refractivity contribution in [2.75, 3.05) is 13.1 Å². The molecule has 2 aliphatic heterocycles. The van der Waals surface area contributed by atoms with Crippen LogP contribution in [0.5, 0.6) is 0 Å². The van der Waals surface area contributed by atoms with Crippen LogP contribution in [0, 0.1) is 0 Å². The van der Waals surface area contributed by atoms with E-state index in [0.29, 0.717) is 32.4 Å². The molecule has 2 heterocycles. The van der Waals surface area contributed by atoms with E-state index in [9.17, 15) is 33.9 Å². The molecule has 0 aliphatic carbocycles. The van der Waals surface area contributed by atoms with Gasteiger partial charge < -0.3 is 36.2 Å². The molecule has 2 fully saturated rings. The van der Waals surface area contributed by atoms with Crippen LogP contribution in [0.2, 0.25) is 0 Å². The van der Waals surface area contributed by atoms with Gasteiger partial charge in [0.1, 0.15) is 18.1 Å². The zero-order valence-corrected chi connectivity index (χ0v) is 17.4. The summed E-state index contributed by atoms with van der Waals surface area (Å²) in [6.45, 7) is 1.07. The highest BCUT2D eigenvalue weighted by Crippen LogP contribution is 2.21. The number of likely N-dealkylation sites (tertiary alicyclic amines) is 1. The summed E-state index contributed by atoms with van der Waals surface area (Å²) in [4.78, 5) is 72.7. The normalized spacial score (nSPS) is 22.1. The molecule has 0 radical (unpaired) electrons. The van der Waals surface area contributed by atoms with Gasteiger partial charge in [0, 0.05) is 13.0 Å². The van der Waals surface area contributed by atoms with E-state index in [4.69, 9.17) is 10.2 Å². The summed E-state index contributed by atoms with van der Waals surface area (Å²) >= 11 is 0. The maximum Gasteiger partial charge on any atom is 0.326 e. The van der Waals surface area contributed by atoms with E-state index in [2.05, 4.69) is 16.0 Å². The Bertz CT molecular complexity index is 766. The Morgan fingerprint density at radius 2 is 1.66 bits per heavy atom. The van der Waals surface area contributed by atoms with Crippen LogP contribution in [0.25, 0.3) is 0 Å². The van der Waals surface area contributed by atoms with Crippen molar-refractivity contribution in [2.24, 2.45) is 0 Å². The molecule has 0 aromatic heterocycles. The minimum atomic E-state index is -1.59. The summed E-state index contributed by atoms with van der Waals surface area (Å²) in [7, 11) is 0. The lowest BCUT2D eigenvalue weighted by molar-refractivity contribution is -0.145. The largest absolute Gasteiger partial charge is 0.481 e. The van der Waals surface area contributed by atoms with Gasteiger partial charge in [-0.05, 0) is 38.6 Å². The minimum Gasteiger partial charge on any atom is -0.481 e. The minimum absolute atomic E-state index is 0.223. The van der Waals surface area contributed by atoms with Crippen LogP contribution >= 0.6 is 0 Å². The fraction of sp³-hybridized carbons (Fsp3) is 0.684. The third-order valence-electron chi connectivity index (χ3n) is 5.47. The van der Waals surface area contributed by atoms with Crippen molar-refractivity contribution < 1.29 is 44.1 Å². The highest BCUT2D eigenvalue weighted by atomic mass is 16.4. The third-order valence-corrected chi connectivity index (χ3v) is 5.47. The predicted molar refractivity (Wildman–Crippen MR) is 106 cm³/mol. The molecule has 4 unspecified atom stereocenters. The molecule has 0 aromatic rings. The lowest BCUT2D eigenvalue weighted by Gasteiger charge is -2.28. The van der Waals surface area contributed by atoms with Gasteiger partial charge in [-0.3, -0.25) is 24.0 Å². The summed E-state index contributed by atoms with van der Waals surface area (Å²) < 4.78 is 0. The first-order valence-corrected chi connectivity index (χ1v) is 10.4. The Labute approximate surface area is 183 Å². The zero-order chi connectivity index (χ0) is 23.8. The van der Waals surface area contributed by atoms with Gasteiger partial charge in [0.15, 0.2) is 0 Å². The molecular weight excluding hydrogens is 428 g/mol. The second-order valence-corrected chi connectivity index (χ2v) is 7.83. The molecule has 2 rings (SSSR count). The van der Waals surface area contributed by atoms with Crippen molar-refractivity contribution in [2.45, 2.75) is 69.1 Å². The molecule has 178 valence electrons. The Balaban J connectivity index is 2.06. The maximum atomic E-state index is 12.8. The lowest BCUT2D eigenvalue weighted by atomic mass is 10.1. The van der Waals surface area contributed by atoms with E-state index < -0.39 is 67.1 Å². The number of carbonyl (C=O) groups is 6. The van der Waals surface area contributed by atoms with Gasteiger partial charge >= 0.3 is 17.9 Å². The van der Waals surface area contributed by atoms with Crippen LogP contribution in [0.1, 0.15) is 44.9 Å². The van der Waals surface area contributed by atoms with E-state index in [-0.39, 0.29) is 11.9 Å². The van der Waals surface area contributed by atoms with Crippen molar-refractivity contribution in [3.63, 3.8) is 0 Å². The number of nitrogens with one attached hydrogen (secondary N) is 3. The fourth-order valence-electron chi connectivity index (χ4n) is 3.85. The van der Waals surface area contributed by atoms with E-state index in [1.165, 1.54) is 4.90 Å². The van der Waals surface area contributed by atoms with Crippen molar-refractivity contribution in [3.05, 3.63) is 0 Å². The van der Waals surface area contributed by atoms with E-state index in [1.807, 2.05) is 0 Å². The smallest absolute Gasteiger partial charge is 0.326 e. The van der Waals surface area contributed by atoms with Crippen LogP contribution < -0.4 is 16.0 Å².